The van der Waals surface area contributed by atoms with Crippen LogP contribution in [0.4, 0.5) is 11.4 Å². The minimum Gasteiger partial charge on any atom is -0.380 e. The third-order valence-corrected chi connectivity index (χ3v) is 4.52. The Kier molecular flexibility index (Phi) is 6.76. The number of rotatable bonds is 6. The summed E-state index contributed by atoms with van der Waals surface area (Å²) in [6.45, 7) is 9.73. The molecule has 0 fully saturated rings. The maximum Gasteiger partial charge on any atom is 0.0991 e. The largest absolute Gasteiger partial charge is 0.380 e. The molecule has 136 valence electrons. The number of nitriles is 1. The van der Waals surface area contributed by atoms with Crippen molar-refractivity contribution in [1.29, 1.82) is 5.26 Å². The molecule has 6 heteroatoms. The van der Waals surface area contributed by atoms with Crippen molar-refractivity contribution in [3.05, 3.63) is 57.6 Å². The van der Waals surface area contributed by atoms with Crippen LogP contribution in [0.15, 0.2) is 51.2 Å². The SMILES string of the molecule is Cc1ccc(NCc2ccc(C#N)cc2)c(Br)c1NN=NCC(C)(C)C. The molecule has 0 saturated heterocycles. The number of halogens is 1. The molecule has 0 unspecified atom stereocenters. The van der Waals surface area contributed by atoms with E-state index in [9.17, 15) is 0 Å². The fourth-order valence-electron chi connectivity index (χ4n) is 2.17. The monoisotopic (exact) mass is 413 g/mol. The van der Waals surface area contributed by atoms with Gasteiger partial charge in [-0.25, -0.2) is 0 Å². The smallest absolute Gasteiger partial charge is 0.0991 e. The third-order valence-electron chi connectivity index (χ3n) is 3.69. The van der Waals surface area contributed by atoms with E-state index in [1.165, 1.54) is 0 Å². The molecular weight excluding hydrogens is 390 g/mol. The molecule has 0 aliphatic heterocycles. The lowest BCUT2D eigenvalue weighted by Gasteiger charge is -2.15. The van der Waals surface area contributed by atoms with Crippen LogP contribution in [0.5, 0.6) is 0 Å². The Bertz CT molecular complexity index is 814. The number of benzene rings is 2. The van der Waals surface area contributed by atoms with Crippen molar-refractivity contribution in [3.63, 3.8) is 0 Å². The van der Waals surface area contributed by atoms with Crippen molar-refractivity contribution in [1.82, 2.24) is 0 Å². The zero-order chi connectivity index (χ0) is 19.2. The van der Waals surface area contributed by atoms with Gasteiger partial charge in [-0.2, -0.15) is 10.4 Å². The molecule has 0 saturated carbocycles. The number of hydrogen-bond donors (Lipinski definition) is 2. The molecular formula is C20H24BrN5. The highest BCUT2D eigenvalue weighted by atomic mass is 79.9. The molecule has 0 amide bonds. The maximum absolute atomic E-state index is 8.87. The summed E-state index contributed by atoms with van der Waals surface area (Å²) < 4.78 is 0.917. The van der Waals surface area contributed by atoms with E-state index in [1.807, 2.05) is 43.3 Å². The second kappa shape index (κ2) is 8.81. The Morgan fingerprint density at radius 3 is 2.42 bits per heavy atom. The first-order valence-corrected chi connectivity index (χ1v) is 9.24. The van der Waals surface area contributed by atoms with Gasteiger partial charge in [0.1, 0.15) is 0 Å². The molecule has 0 atom stereocenters. The van der Waals surface area contributed by atoms with E-state index < -0.39 is 0 Å². The summed E-state index contributed by atoms with van der Waals surface area (Å²) in [4.78, 5) is 0. The topological polar surface area (TPSA) is 72.6 Å². The number of hydrogen-bond acceptors (Lipinski definition) is 4. The fraction of sp³-hybridized carbons (Fsp3) is 0.350. The van der Waals surface area contributed by atoms with Crippen LogP contribution < -0.4 is 10.7 Å². The molecule has 2 N–H and O–H groups in total. The first kappa shape index (κ1) is 19.9. The van der Waals surface area contributed by atoms with Gasteiger partial charge >= 0.3 is 0 Å². The first-order chi connectivity index (χ1) is 12.3. The van der Waals surface area contributed by atoms with Gasteiger partial charge in [0, 0.05) is 6.54 Å². The van der Waals surface area contributed by atoms with Crippen LogP contribution >= 0.6 is 15.9 Å². The van der Waals surface area contributed by atoms with Crippen LogP contribution in [0.1, 0.15) is 37.5 Å². The van der Waals surface area contributed by atoms with E-state index in [-0.39, 0.29) is 5.41 Å². The highest BCUT2D eigenvalue weighted by Gasteiger charge is 2.10. The van der Waals surface area contributed by atoms with Gasteiger partial charge in [-0.1, -0.05) is 44.2 Å². The predicted octanol–water partition coefficient (Wildman–Crippen LogP) is 6.07. The summed E-state index contributed by atoms with van der Waals surface area (Å²) in [6.07, 6.45) is 0. The van der Waals surface area contributed by atoms with Crippen molar-refractivity contribution in [3.8, 4) is 6.07 Å². The Labute approximate surface area is 163 Å². The summed E-state index contributed by atoms with van der Waals surface area (Å²) in [6, 6.07) is 13.7. The maximum atomic E-state index is 8.87. The number of anilines is 2. The highest BCUT2D eigenvalue weighted by Crippen LogP contribution is 2.34. The highest BCUT2D eigenvalue weighted by molar-refractivity contribution is 9.10. The van der Waals surface area contributed by atoms with E-state index in [0.29, 0.717) is 18.7 Å². The van der Waals surface area contributed by atoms with Gasteiger partial charge in [0.25, 0.3) is 0 Å². The van der Waals surface area contributed by atoms with Crippen molar-refractivity contribution in [2.24, 2.45) is 15.8 Å². The summed E-state index contributed by atoms with van der Waals surface area (Å²) in [5.41, 5.74) is 7.87. The lowest BCUT2D eigenvalue weighted by atomic mass is 9.98. The van der Waals surface area contributed by atoms with Gasteiger partial charge in [-0.05, 0) is 57.6 Å². The lowest BCUT2D eigenvalue weighted by Crippen LogP contribution is -2.09. The van der Waals surface area contributed by atoms with Crippen LogP contribution in [-0.4, -0.2) is 6.54 Å². The predicted molar refractivity (Wildman–Crippen MR) is 110 cm³/mol. The zero-order valence-corrected chi connectivity index (χ0v) is 17.2. The van der Waals surface area contributed by atoms with Crippen LogP contribution in [0.25, 0.3) is 0 Å². The normalized spacial score (nSPS) is 11.4. The minimum atomic E-state index is 0.113. The Morgan fingerprint density at radius 1 is 1.12 bits per heavy atom. The summed E-state index contributed by atoms with van der Waals surface area (Å²) in [7, 11) is 0. The zero-order valence-electron chi connectivity index (χ0n) is 15.6. The first-order valence-electron chi connectivity index (χ1n) is 8.45. The lowest BCUT2D eigenvalue weighted by molar-refractivity contribution is 0.421. The van der Waals surface area contributed by atoms with Crippen molar-refractivity contribution < 1.29 is 0 Å². The third kappa shape index (κ3) is 5.85. The number of nitrogens with zero attached hydrogens (tertiary/aromatic N) is 3. The standard InChI is InChI=1S/C20H24BrN5/c1-14-5-10-17(23-12-16-8-6-15(11-22)7-9-16)18(21)19(14)25-26-24-13-20(2,3)4/h5-10,23H,12-13H2,1-4H3,(H,24,25). The average molecular weight is 414 g/mol. The molecule has 0 heterocycles. The minimum absolute atomic E-state index is 0.113. The molecule has 0 spiro atoms. The molecule has 5 nitrogen and oxygen atoms in total. The van der Waals surface area contributed by atoms with Crippen molar-refractivity contribution >= 4 is 27.3 Å². The molecule has 0 aliphatic rings. The van der Waals surface area contributed by atoms with E-state index >= 15 is 0 Å². The van der Waals surface area contributed by atoms with Crippen LogP contribution in [0.2, 0.25) is 0 Å². The van der Waals surface area contributed by atoms with Crippen LogP contribution in [-0.2, 0) is 6.54 Å². The fourth-order valence-corrected chi connectivity index (χ4v) is 2.85. The quantitative estimate of drug-likeness (QED) is 0.445. The van der Waals surface area contributed by atoms with Gasteiger partial charge in [-0.3, -0.25) is 5.43 Å². The van der Waals surface area contributed by atoms with E-state index in [2.05, 4.69) is 63.9 Å². The molecule has 26 heavy (non-hydrogen) atoms. The molecule has 0 aliphatic carbocycles. The van der Waals surface area contributed by atoms with Crippen LogP contribution in [0, 0.1) is 23.7 Å². The molecule has 2 rings (SSSR count). The summed E-state index contributed by atoms with van der Waals surface area (Å²) >= 11 is 3.65. The van der Waals surface area contributed by atoms with Crippen LogP contribution in [0.3, 0.4) is 0 Å². The molecule has 2 aromatic rings. The molecule has 0 aromatic heterocycles. The van der Waals surface area contributed by atoms with Crippen molar-refractivity contribution in [2.75, 3.05) is 17.3 Å². The number of aryl methyl sites for hydroxylation is 1. The summed E-state index contributed by atoms with van der Waals surface area (Å²) in [5, 5.41) is 20.6. The van der Waals surface area contributed by atoms with Gasteiger partial charge in [0.15, 0.2) is 0 Å². The second-order valence-electron chi connectivity index (χ2n) is 7.35. The Balaban J connectivity index is 2.06. The Morgan fingerprint density at radius 2 is 1.81 bits per heavy atom. The molecule has 2 aromatic carbocycles. The summed E-state index contributed by atoms with van der Waals surface area (Å²) in [5.74, 6) is 0. The average Bonchev–Trinajstić information content (AvgIpc) is 2.60. The van der Waals surface area contributed by atoms with E-state index in [0.717, 1.165) is 27.0 Å². The number of nitrogens with one attached hydrogen (secondary N) is 2. The van der Waals surface area contributed by atoms with Crippen molar-refractivity contribution in [2.45, 2.75) is 34.2 Å². The Hall–Kier alpha value is -2.39. The molecule has 0 bridgehead atoms. The van der Waals surface area contributed by atoms with Gasteiger partial charge in [0.2, 0.25) is 0 Å². The van der Waals surface area contributed by atoms with Gasteiger partial charge in [0.05, 0.1) is 34.0 Å². The van der Waals surface area contributed by atoms with E-state index in [1.54, 1.807) is 0 Å². The van der Waals surface area contributed by atoms with Gasteiger partial charge in [-0.15, -0.1) is 0 Å². The molecule has 0 radical (unpaired) electrons. The second-order valence-corrected chi connectivity index (χ2v) is 8.15. The van der Waals surface area contributed by atoms with E-state index in [4.69, 9.17) is 5.26 Å². The van der Waals surface area contributed by atoms with Gasteiger partial charge < -0.3 is 5.32 Å².